The normalized spacial score (nSPS) is 13.3. The van der Waals surface area contributed by atoms with E-state index in [9.17, 15) is 13.2 Å². The lowest BCUT2D eigenvalue weighted by Crippen LogP contribution is -2.36. The molecule has 0 aromatic heterocycles. The number of rotatable bonds is 6. The molecule has 5 heteroatoms. The second-order valence-corrected chi connectivity index (χ2v) is 4.21. The Morgan fingerprint density at radius 3 is 2.14 bits per heavy atom. The second-order valence-electron chi connectivity index (χ2n) is 4.21. The van der Waals surface area contributed by atoms with Crippen LogP contribution in [0.5, 0.6) is 0 Å². The highest BCUT2D eigenvalue weighted by Gasteiger charge is 2.27. The van der Waals surface area contributed by atoms with Crippen molar-refractivity contribution in [3.05, 3.63) is 0 Å². The summed E-state index contributed by atoms with van der Waals surface area (Å²) in [5.41, 5.74) is -0.200. The monoisotopic (exact) mass is 213 g/mol. The average molecular weight is 213 g/mol. The fourth-order valence-corrected chi connectivity index (χ4v) is 1.19. The first-order valence-electron chi connectivity index (χ1n) is 4.65. The van der Waals surface area contributed by atoms with Crippen molar-refractivity contribution in [3.63, 3.8) is 0 Å². The third-order valence-electron chi connectivity index (χ3n) is 1.94. The lowest BCUT2D eigenvalue weighted by Gasteiger charge is -2.25. The highest BCUT2D eigenvalue weighted by Crippen LogP contribution is 2.21. The zero-order valence-corrected chi connectivity index (χ0v) is 8.62. The van der Waals surface area contributed by atoms with E-state index in [0.29, 0.717) is 19.4 Å². The highest BCUT2D eigenvalue weighted by molar-refractivity contribution is 4.72. The van der Waals surface area contributed by atoms with Gasteiger partial charge in [0.25, 0.3) is 0 Å². The Balaban J connectivity index is 3.65. The molecule has 2 N–H and O–H groups in total. The zero-order chi connectivity index (χ0) is 11.2. The predicted molar refractivity (Wildman–Crippen MR) is 49.0 cm³/mol. The molecular formula is C9H18F3NO. The van der Waals surface area contributed by atoms with Gasteiger partial charge in [-0.05, 0) is 18.3 Å². The molecule has 0 spiro atoms. The van der Waals surface area contributed by atoms with Crippen LogP contribution in [0.25, 0.3) is 0 Å². The number of aliphatic hydroxyl groups excluding tert-OH is 1. The lowest BCUT2D eigenvalue weighted by molar-refractivity contribution is -0.125. The third-order valence-corrected chi connectivity index (χ3v) is 1.94. The molecule has 0 bridgehead atoms. The van der Waals surface area contributed by atoms with E-state index in [2.05, 4.69) is 5.32 Å². The molecule has 2 nitrogen and oxygen atoms in total. The molecule has 0 aliphatic heterocycles. The number of hydrogen-bond acceptors (Lipinski definition) is 2. The fraction of sp³-hybridized carbons (Fsp3) is 1.00. The van der Waals surface area contributed by atoms with E-state index in [1.165, 1.54) is 0 Å². The third kappa shape index (κ3) is 8.31. The predicted octanol–water partition coefficient (Wildman–Crippen LogP) is 1.94. The molecule has 0 aliphatic carbocycles. The minimum atomic E-state index is -4.15. The molecule has 0 heterocycles. The van der Waals surface area contributed by atoms with E-state index in [1.54, 1.807) is 0 Å². The van der Waals surface area contributed by atoms with Gasteiger partial charge in [-0.15, -0.1) is 0 Å². The molecule has 0 saturated heterocycles. The van der Waals surface area contributed by atoms with Crippen LogP contribution in [0.3, 0.4) is 0 Å². The summed E-state index contributed by atoms with van der Waals surface area (Å²) < 4.78 is 35.3. The van der Waals surface area contributed by atoms with Crippen LogP contribution in [0.4, 0.5) is 13.2 Å². The molecule has 86 valence electrons. The zero-order valence-electron chi connectivity index (χ0n) is 8.62. The van der Waals surface area contributed by atoms with Crippen molar-refractivity contribution in [2.75, 3.05) is 19.7 Å². The quantitative estimate of drug-likeness (QED) is 0.706. The maximum atomic E-state index is 11.8. The van der Waals surface area contributed by atoms with Crippen LogP contribution in [0, 0.1) is 5.41 Å². The molecule has 0 aromatic carbocycles. The van der Waals surface area contributed by atoms with Gasteiger partial charge in [-0.1, -0.05) is 13.8 Å². The molecule has 0 aliphatic rings. The number of hydrogen-bond donors (Lipinski definition) is 2. The fourth-order valence-electron chi connectivity index (χ4n) is 1.19. The molecule has 0 saturated carbocycles. The summed E-state index contributed by atoms with van der Waals surface area (Å²) in [7, 11) is 0. The van der Waals surface area contributed by atoms with E-state index >= 15 is 0 Å². The van der Waals surface area contributed by atoms with Crippen LogP contribution >= 0.6 is 0 Å². The molecule has 0 fully saturated rings. The van der Waals surface area contributed by atoms with Crippen molar-refractivity contribution in [2.45, 2.75) is 32.9 Å². The van der Waals surface area contributed by atoms with Gasteiger partial charge in [0.2, 0.25) is 0 Å². The number of nitrogens with one attached hydrogen (secondary N) is 1. The molecule has 0 rings (SSSR count). The van der Waals surface area contributed by atoms with E-state index in [0.717, 1.165) is 0 Å². The van der Waals surface area contributed by atoms with Gasteiger partial charge in [-0.2, -0.15) is 13.2 Å². The standard InChI is InChI=1S/C9H18F3NO/c1-8(2,4-3-5-14)6-13-7-9(10,11)12/h13-14H,3-7H2,1-2H3. The first kappa shape index (κ1) is 13.7. The molecule has 0 unspecified atom stereocenters. The van der Waals surface area contributed by atoms with Gasteiger partial charge in [0, 0.05) is 13.2 Å². The maximum Gasteiger partial charge on any atom is 0.401 e. The van der Waals surface area contributed by atoms with Crippen molar-refractivity contribution in [1.29, 1.82) is 0 Å². The Morgan fingerprint density at radius 2 is 1.71 bits per heavy atom. The lowest BCUT2D eigenvalue weighted by atomic mass is 9.88. The van der Waals surface area contributed by atoms with E-state index in [1.807, 2.05) is 13.8 Å². The van der Waals surface area contributed by atoms with E-state index in [4.69, 9.17) is 5.11 Å². The van der Waals surface area contributed by atoms with Crippen molar-refractivity contribution >= 4 is 0 Å². The molecule has 0 radical (unpaired) electrons. The largest absolute Gasteiger partial charge is 0.401 e. The molecule has 0 amide bonds. The maximum absolute atomic E-state index is 11.8. The number of aliphatic hydroxyl groups is 1. The summed E-state index contributed by atoms with van der Waals surface area (Å²) in [6.45, 7) is 3.21. The Kier molecular flexibility index (Phi) is 5.44. The van der Waals surface area contributed by atoms with Crippen LogP contribution in [0.15, 0.2) is 0 Å². The van der Waals surface area contributed by atoms with Gasteiger partial charge >= 0.3 is 6.18 Å². The topological polar surface area (TPSA) is 32.3 Å². The van der Waals surface area contributed by atoms with Crippen molar-refractivity contribution in [1.82, 2.24) is 5.32 Å². The Bertz CT molecular complexity index is 157. The van der Waals surface area contributed by atoms with Gasteiger partial charge in [0.15, 0.2) is 0 Å². The summed E-state index contributed by atoms with van der Waals surface area (Å²) in [5.74, 6) is 0. The van der Waals surface area contributed by atoms with Crippen molar-refractivity contribution < 1.29 is 18.3 Å². The SMILES string of the molecule is CC(C)(CCCO)CNCC(F)(F)F. The van der Waals surface area contributed by atoms with Crippen LogP contribution < -0.4 is 5.32 Å². The molecule has 0 atom stereocenters. The Morgan fingerprint density at radius 1 is 1.14 bits per heavy atom. The summed E-state index contributed by atoms with van der Waals surface area (Å²) in [4.78, 5) is 0. The first-order chi connectivity index (χ1) is 6.27. The molecular weight excluding hydrogens is 195 g/mol. The summed E-state index contributed by atoms with van der Waals surface area (Å²) in [6.07, 6.45) is -2.80. The van der Waals surface area contributed by atoms with Crippen molar-refractivity contribution in [3.8, 4) is 0 Å². The van der Waals surface area contributed by atoms with Crippen LogP contribution in [0.1, 0.15) is 26.7 Å². The van der Waals surface area contributed by atoms with Gasteiger partial charge in [-0.25, -0.2) is 0 Å². The van der Waals surface area contributed by atoms with Crippen LogP contribution in [-0.2, 0) is 0 Å². The van der Waals surface area contributed by atoms with Gasteiger partial charge < -0.3 is 10.4 Å². The summed E-state index contributed by atoms with van der Waals surface area (Å²) in [6, 6.07) is 0. The Hall–Kier alpha value is -0.290. The number of alkyl halides is 3. The first-order valence-corrected chi connectivity index (χ1v) is 4.65. The molecule has 0 aromatic rings. The van der Waals surface area contributed by atoms with Crippen LogP contribution in [0.2, 0.25) is 0 Å². The molecule has 14 heavy (non-hydrogen) atoms. The smallest absolute Gasteiger partial charge is 0.396 e. The minimum absolute atomic E-state index is 0.0860. The summed E-state index contributed by atoms with van der Waals surface area (Å²) >= 11 is 0. The average Bonchev–Trinajstić information content (AvgIpc) is 1.98. The summed E-state index contributed by atoms with van der Waals surface area (Å²) in [5, 5.41) is 11.0. The van der Waals surface area contributed by atoms with Gasteiger partial charge in [0.05, 0.1) is 6.54 Å². The highest BCUT2D eigenvalue weighted by atomic mass is 19.4. The second kappa shape index (κ2) is 5.56. The van der Waals surface area contributed by atoms with E-state index < -0.39 is 12.7 Å². The number of halogens is 3. The van der Waals surface area contributed by atoms with Gasteiger partial charge in [0.1, 0.15) is 0 Å². The van der Waals surface area contributed by atoms with Gasteiger partial charge in [-0.3, -0.25) is 0 Å². The van der Waals surface area contributed by atoms with E-state index in [-0.39, 0.29) is 12.0 Å². The Labute approximate surface area is 82.5 Å². The minimum Gasteiger partial charge on any atom is -0.396 e. The van der Waals surface area contributed by atoms with Crippen LogP contribution in [-0.4, -0.2) is 31.0 Å². The van der Waals surface area contributed by atoms with Crippen molar-refractivity contribution in [2.24, 2.45) is 5.41 Å².